The summed E-state index contributed by atoms with van der Waals surface area (Å²) in [6, 6.07) is 0. The number of halogens is 1. The van der Waals surface area contributed by atoms with Gasteiger partial charge in [-0.25, -0.2) is 0 Å². The molecule has 0 fully saturated rings. The van der Waals surface area contributed by atoms with E-state index >= 15 is 0 Å². The Morgan fingerprint density at radius 1 is 1.50 bits per heavy atom. The summed E-state index contributed by atoms with van der Waals surface area (Å²) in [5, 5.41) is 0. The van der Waals surface area contributed by atoms with Gasteiger partial charge >= 0.3 is 0 Å². The van der Waals surface area contributed by atoms with E-state index in [2.05, 4.69) is 38.2 Å². The van der Waals surface area contributed by atoms with E-state index < -0.39 is 7.38 Å². The van der Waals surface area contributed by atoms with Crippen LogP contribution >= 0.6 is 11.1 Å². The van der Waals surface area contributed by atoms with Gasteiger partial charge in [0.1, 0.15) is 0 Å². The van der Waals surface area contributed by atoms with Crippen molar-refractivity contribution in [3.63, 3.8) is 0 Å². The molecule has 0 nitrogen and oxygen atoms in total. The second kappa shape index (κ2) is 2.55. The van der Waals surface area contributed by atoms with E-state index in [4.69, 9.17) is 11.1 Å². The van der Waals surface area contributed by atoms with Crippen molar-refractivity contribution in [3.8, 4) is 0 Å². The normalized spacial score (nSPS) is 25.2. The number of hydrogen-bond donors (Lipinski definition) is 0. The lowest BCUT2D eigenvalue weighted by molar-refractivity contribution is 1.32. The van der Waals surface area contributed by atoms with Gasteiger partial charge in [-0.05, 0) is 6.92 Å². The number of allylic oxidation sites excluding steroid dienone is 4. The zero-order valence-electron chi connectivity index (χ0n) is 6.69. The predicted molar refractivity (Wildman–Crippen MR) is 50.0 cm³/mol. The Labute approximate surface area is 68.3 Å². The third-order valence-electron chi connectivity index (χ3n) is 1.80. The van der Waals surface area contributed by atoms with Crippen molar-refractivity contribution in [2.45, 2.75) is 25.6 Å². The second-order valence-corrected chi connectivity index (χ2v) is 10.1. The minimum atomic E-state index is -1.46. The van der Waals surface area contributed by atoms with Gasteiger partial charge in [-0.3, -0.25) is 0 Å². The van der Waals surface area contributed by atoms with Crippen LogP contribution in [-0.2, 0) is 0 Å². The lowest BCUT2D eigenvalue weighted by Gasteiger charge is -2.17. The molecule has 1 aliphatic carbocycles. The summed E-state index contributed by atoms with van der Waals surface area (Å²) in [4.78, 5) is 0. The van der Waals surface area contributed by atoms with E-state index in [0.717, 1.165) is 0 Å². The fraction of sp³-hybridized carbons (Fsp3) is 0.500. The van der Waals surface area contributed by atoms with Crippen molar-refractivity contribution in [2.75, 3.05) is 0 Å². The lowest BCUT2D eigenvalue weighted by Crippen LogP contribution is -2.21. The molecule has 1 rings (SSSR count). The Hall–Kier alpha value is -0.0131. The molecule has 0 aromatic heterocycles. The van der Waals surface area contributed by atoms with Gasteiger partial charge in [-0.1, -0.05) is 36.9 Å². The fourth-order valence-electron chi connectivity index (χ4n) is 1.08. The Kier molecular flexibility index (Phi) is 2.06. The molecule has 1 aliphatic rings. The highest BCUT2D eigenvalue weighted by atomic mass is 35.6. The molecule has 0 saturated heterocycles. The molecular weight excluding hydrogens is 160 g/mol. The van der Waals surface area contributed by atoms with E-state index in [1.54, 1.807) is 0 Å². The third-order valence-corrected chi connectivity index (χ3v) is 4.50. The van der Waals surface area contributed by atoms with Crippen LogP contribution in [0.1, 0.15) is 6.92 Å². The third kappa shape index (κ3) is 1.74. The first-order valence-corrected chi connectivity index (χ1v) is 7.64. The number of rotatable bonds is 1. The van der Waals surface area contributed by atoms with Crippen molar-refractivity contribution in [2.24, 2.45) is 0 Å². The molecule has 1 unspecified atom stereocenters. The van der Waals surface area contributed by atoms with E-state index in [-0.39, 0.29) is 0 Å². The van der Waals surface area contributed by atoms with Crippen LogP contribution in [0.5, 0.6) is 0 Å². The monoisotopic (exact) mass is 172 g/mol. The first-order chi connectivity index (χ1) is 4.50. The molecule has 0 radical (unpaired) electrons. The molecule has 0 aliphatic heterocycles. The fourth-order valence-corrected chi connectivity index (χ4v) is 2.70. The van der Waals surface area contributed by atoms with Gasteiger partial charge in [-0.2, -0.15) is 11.1 Å². The van der Waals surface area contributed by atoms with E-state index in [1.165, 1.54) is 5.57 Å². The van der Waals surface area contributed by atoms with Crippen LogP contribution in [0.15, 0.2) is 23.8 Å². The number of hydrogen-bond acceptors (Lipinski definition) is 0. The largest absolute Gasteiger partial charge is 0.167 e. The molecule has 0 spiro atoms. The molecule has 0 bridgehead atoms. The van der Waals surface area contributed by atoms with E-state index in [1.807, 2.05) is 0 Å². The van der Waals surface area contributed by atoms with Gasteiger partial charge in [0.25, 0.3) is 0 Å². The molecule has 0 saturated carbocycles. The average Bonchev–Trinajstić information content (AvgIpc) is 2.11. The zero-order chi connectivity index (χ0) is 7.78. The zero-order valence-corrected chi connectivity index (χ0v) is 8.44. The summed E-state index contributed by atoms with van der Waals surface area (Å²) in [7, 11) is -1.46. The molecule has 56 valence electrons. The van der Waals surface area contributed by atoms with Crippen molar-refractivity contribution in [1.29, 1.82) is 0 Å². The summed E-state index contributed by atoms with van der Waals surface area (Å²) in [5.41, 5.74) is 1.90. The topological polar surface area (TPSA) is 0 Å². The summed E-state index contributed by atoms with van der Waals surface area (Å²) in [6.07, 6.45) is 6.63. The van der Waals surface area contributed by atoms with Crippen LogP contribution in [0.2, 0.25) is 18.6 Å². The van der Waals surface area contributed by atoms with Gasteiger partial charge in [0.2, 0.25) is 0 Å². The maximum Gasteiger partial charge on any atom is 0.160 e. The summed E-state index contributed by atoms with van der Waals surface area (Å²) >= 11 is 6.25. The minimum absolute atomic E-state index is 0.550. The van der Waals surface area contributed by atoms with Crippen LogP contribution in [0, 0.1) is 0 Å². The van der Waals surface area contributed by atoms with Crippen LogP contribution in [0.3, 0.4) is 0 Å². The molecule has 0 amide bonds. The molecule has 0 aromatic rings. The molecule has 1 atom stereocenters. The molecular formula is C8H13ClSi. The Morgan fingerprint density at radius 3 is 2.30 bits per heavy atom. The highest BCUT2D eigenvalue weighted by Crippen LogP contribution is 2.33. The SMILES string of the molecule is CC1=CC([Si](C)(C)Cl)C=C1. The molecule has 0 N–H and O–H groups in total. The molecule has 0 aromatic carbocycles. The van der Waals surface area contributed by atoms with Gasteiger partial charge in [0.15, 0.2) is 7.38 Å². The van der Waals surface area contributed by atoms with Crippen molar-refractivity contribution >= 4 is 18.5 Å². The highest BCUT2D eigenvalue weighted by Gasteiger charge is 2.27. The smallest absolute Gasteiger partial charge is 0.160 e. The Bertz CT molecular complexity index is 186. The molecule has 0 heterocycles. The van der Waals surface area contributed by atoms with Gasteiger partial charge < -0.3 is 0 Å². The first kappa shape index (κ1) is 8.09. The maximum atomic E-state index is 6.25. The molecule has 10 heavy (non-hydrogen) atoms. The Balaban J connectivity index is 2.72. The minimum Gasteiger partial charge on any atom is -0.167 e. The van der Waals surface area contributed by atoms with Crippen molar-refractivity contribution in [3.05, 3.63) is 23.8 Å². The summed E-state index contributed by atoms with van der Waals surface area (Å²) < 4.78 is 0. The quantitative estimate of drug-likeness (QED) is 0.421. The van der Waals surface area contributed by atoms with E-state index in [9.17, 15) is 0 Å². The first-order valence-electron chi connectivity index (χ1n) is 3.56. The van der Waals surface area contributed by atoms with Crippen LogP contribution in [0.25, 0.3) is 0 Å². The standard InChI is InChI=1S/C8H13ClSi/c1-7-4-5-8(6-7)10(2,3)9/h4-6,8H,1-3H3. The average molecular weight is 173 g/mol. The summed E-state index contributed by atoms with van der Waals surface area (Å²) in [6.45, 7) is 6.48. The van der Waals surface area contributed by atoms with Gasteiger partial charge in [0, 0.05) is 5.54 Å². The van der Waals surface area contributed by atoms with Crippen molar-refractivity contribution in [1.82, 2.24) is 0 Å². The van der Waals surface area contributed by atoms with Crippen LogP contribution < -0.4 is 0 Å². The van der Waals surface area contributed by atoms with Gasteiger partial charge in [0.05, 0.1) is 0 Å². The van der Waals surface area contributed by atoms with Crippen LogP contribution in [0.4, 0.5) is 0 Å². The highest BCUT2D eigenvalue weighted by molar-refractivity contribution is 7.20. The predicted octanol–water partition coefficient (Wildman–Crippen LogP) is 3.32. The van der Waals surface area contributed by atoms with Crippen molar-refractivity contribution < 1.29 is 0 Å². The Morgan fingerprint density at radius 2 is 2.10 bits per heavy atom. The van der Waals surface area contributed by atoms with Crippen LogP contribution in [-0.4, -0.2) is 7.38 Å². The van der Waals surface area contributed by atoms with E-state index in [0.29, 0.717) is 5.54 Å². The second-order valence-electron chi connectivity index (χ2n) is 3.36. The summed E-state index contributed by atoms with van der Waals surface area (Å²) in [5.74, 6) is 0. The molecule has 2 heteroatoms. The maximum absolute atomic E-state index is 6.25. The van der Waals surface area contributed by atoms with Gasteiger partial charge in [-0.15, -0.1) is 0 Å². The lowest BCUT2D eigenvalue weighted by atomic mass is 10.3.